The standard InChI is InChI=1S/C28H34O3.4C2H6/c1-8-20-14-23(12-18(5)26(20)30)28(7,22-10-16(3)25(29)17(4)11-22)24-13-19(6)27(31)21(9-2)15-24;4*1-2/h10-15,29-31H,8-9H2,1-7H3;4*1-2H3. The number of hydrogen-bond donors (Lipinski definition) is 3. The van der Waals surface area contributed by atoms with Crippen molar-refractivity contribution >= 4 is 0 Å². The maximum absolute atomic E-state index is 10.6. The quantitative estimate of drug-likeness (QED) is 0.283. The SMILES string of the molecule is CC.CC.CC.CC.CCc1cc(C(C)(c2cc(C)c(O)c(C)c2)c2cc(C)c(O)c(CC)c2)cc(C)c1O. The van der Waals surface area contributed by atoms with Crippen molar-refractivity contribution in [2.75, 3.05) is 0 Å². The summed E-state index contributed by atoms with van der Waals surface area (Å²) < 4.78 is 0. The summed E-state index contributed by atoms with van der Waals surface area (Å²) in [5, 5.41) is 31.5. The summed E-state index contributed by atoms with van der Waals surface area (Å²) >= 11 is 0. The van der Waals surface area contributed by atoms with E-state index in [1.54, 1.807) is 0 Å². The van der Waals surface area contributed by atoms with Gasteiger partial charge < -0.3 is 15.3 Å². The number of aromatic hydroxyl groups is 3. The Kier molecular flexibility index (Phi) is 18.0. The summed E-state index contributed by atoms with van der Waals surface area (Å²) in [4.78, 5) is 0. The van der Waals surface area contributed by atoms with E-state index in [0.717, 1.165) is 62.9 Å². The topological polar surface area (TPSA) is 60.7 Å². The van der Waals surface area contributed by atoms with Crippen LogP contribution in [0.15, 0.2) is 36.4 Å². The van der Waals surface area contributed by atoms with E-state index in [1.807, 2.05) is 109 Å². The molecular formula is C36H58O3. The van der Waals surface area contributed by atoms with Crippen LogP contribution >= 0.6 is 0 Å². The largest absolute Gasteiger partial charge is 0.507 e. The van der Waals surface area contributed by atoms with Crippen LogP contribution in [0.5, 0.6) is 17.2 Å². The van der Waals surface area contributed by atoms with E-state index < -0.39 is 5.41 Å². The van der Waals surface area contributed by atoms with Gasteiger partial charge in [0.15, 0.2) is 0 Å². The molecule has 3 rings (SSSR count). The zero-order valence-electron chi connectivity index (χ0n) is 27.7. The van der Waals surface area contributed by atoms with Gasteiger partial charge >= 0.3 is 0 Å². The van der Waals surface area contributed by atoms with Gasteiger partial charge in [-0.25, -0.2) is 0 Å². The predicted molar refractivity (Wildman–Crippen MR) is 173 cm³/mol. The van der Waals surface area contributed by atoms with Crippen LogP contribution in [0, 0.1) is 27.7 Å². The molecule has 0 spiro atoms. The van der Waals surface area contributed by atoms with Gasteiger partial charge in [-0.1, -0.05) is 106 Å². The van der Waals surface area contributed by atoms with Crippen molar-refractivity contribution in [3.8, 4) is 17.2 Å². The molecule has 220 valence electrons. The molecule has 0 aliphatic carbocycles. The second kappa shape index (κ2) is 18.4. The van der Waals surface area contributed by atoms with Gasteiger partial charge in [-0.3, -0.25) is 0 Å². The van der Waals surface area contributed by atoms with Crippen molar-refractivity contribution < 1.29 is 15.3 Å². The fourth-order valence-corrected chi connectivity index (χ4v) is 4.57. The fraction of sp³-hybridized carbons (Fsp3) is 0.500. The summed E-state index contributed by atoms with van der Waals surface area (Å²) in [7, 11) is 0. The first-order chi connectivity index (χ1) is 18.5. The summed E-state index contributed by atoms with van der Waals surface area (Å²) in [6, 6.07) is 12.4. The first-order valence-electron chi connectivity index (χ1n) is 15.0. The van der Waals surface area contributed by atoms with Crippen LogP contribution in [0.2, 0.25) is 0 Å². The summed E-state index contributed by atoms with van der Waals surface area (Å²) in [6.07, 6.45) is 1.47. The fourth-order valence-electron chi connectivity index (χ4n) is 4.57. The molecule has 3 aromatic rings. The first-order valence-corrected chi connectivity index (χ1v) is 15.0. The summed E-state index contributed by atoms with van der Waals surface area (Å²) in [5.41, 5.74) is 7.88. The lowest BCUT2D eigenvalue weighted by Crippen LogP contribution is -2.26. The second-order valence-corrected chi connectivity index (χ2v) is 8.89. The molecule has 0 atom stereocenters. The molecule has 3 nitrogen and oxygen atoms in total. The molecule has 3 N–H and O–H groups in total. The zero-order valence-corrected chi connectivity index (χ0v) is 27.7. The maximum atomic E-state index is 10.6. The van der Waals surface area contributed by atoms with Gasteiger partial charge in [-0.2, -0.15) is 0 Å². The average Bonchev–Trinajstić information content (AvgIpc) is 2.97. The van der Waals surface area contributed by atoms with E-state index in [0.29, 0.717) is 17.2 Å². The van der Waals surface area contributed by atoms with Crippen molar-refractivity contribution in [1.82, 2.24) is 0 Å². The van der Waals surface area contributed by atoms with E-state index >= 15 is 0 Å². The average molecular weight is 539 g/mol. The van der Waals surface area contributed by atoms with Crippen molar-refractivity contribution in [2.45, 2.75) is 122 Å². The Balaban J connectivity index is 0. The normalized spacial score (nSPS) is 9.92. The van der Waals surface area contributed by atoms with Crippen molar-refractivity contribution in [3.63, 3.8) is 0 Å². The predicted octanol–water partition coefficient (Wildman–Crippen LogP) is 10.6. The lowest BCUT2D eigenvalue weighted by atomic mass is 9.69. The molecule has 0 bridgehead atoms. The van der Waals surface area contributed by atoms with E-state index in [9.17, 15) is 15.3 Å². The third-order valence-electron chi connectivity index (χ3n) is 6.74. The third kappa shape index (κ3) is 8.52. The lowest BCUT2D eigenvalue weighted by Gasteiger charge is -2.34. The Labute approximate surface area is 241 Å². The molecule has 0 radical (unpaired) electrons. The van der Waals surface area contributed by atoms with Crippen LogP contribution in [-0.2, 0) is 18.3 Å². The van der Waals surface area contributed by atoms with Crippen molar-refractivity contribution in [1.29, 1.82) is 0 Å². The molecule has 3 aromatic carbocycles. The number of phenolic OH excluding ortho intramolecular Hbond substituents is 3. The van der Waals surface area contributed by atoms with Gasteiger partial charge in [0.1, 0.15) is 17.2 Å². The lowest BCUT2D eigenvalue weighted by molar-refractivity contribution is 0.463. The van der Waals surface area contributed by atoms with Crippen molar-refractivity contribution in [2.24, 2.45) is 0 Å². The van der Waals surface area contributed by atoms with Gasteiger partial charge in [0.25, 0.3) is 0 Å². The Bertz CT molecular complexity index is 1060. The van der Waals surface area contributed by atoms with Gasteiger partial charge in [0, 0.05) is 5.41 Å². The van der Waals surface area contributed by atoms with Crippen LogP contribution < -0.4 is 0 Å². The highest BCUT2D eigenvalue weighted by atomic mass is 16.3. The molecular weight excluding hydrogens is 480 g/mol. The van der Waals surface area contributed by atoms with E-state index in [2.05, 4.69) is 31.2 Å². The number of benzene rings is 3. The molecule has 0 saturated heterocycles. The van der Waals surface area contributed by atoms with E-state index in [1.165, 1.54) is 0 Å². The van der Waals surface area contributed by atoms with Crippen LogP contribution in [0.1, 0.15) is 126 Å². The highest BCUT2D eigenvalue weighted by Gasteiger charge is 2.34. The second-order valence-electron chi connectivity index (χ2n) is 8.89. The molecule has 0 fully saturated rings. The number of aryl methyl sites for hydroxylation is 6. The van der Waals surface area contributed by atoms with Gasteiger partial charge in [0.05, 0.1) is 0 Å². The van der Waals surface area contributed by atoms with E-state index in [4.69, 9.17) is 0 Å². The highest BCUT2D eigenvalue weighted by molar-refractivity contribution is 5.59. The first kappa shape index (κ1) is 38.2. The number of phenols is 3. The molecule has 3 heteroatoms. The van der Waals surface area contributed by atoms with Crippen LogP contribution in [-0.4, -0.2) is 15.3 Å². The molecule has 0 saturated carbocycles. The zero-order chi connectivity index (χ0) is 31.1. The van der Waals surface area contributed by atoms with E-state index in [-0.39, 0.29) is 0 Å². The molecule has 0 heterocycles. The molecule has 0 aliphatic heterocycles. The Morgan fingerprint density at radius 3 is 0.949 bits per heavy atom. The Hall–Kier alpha value is -2.94. The maximum Gasteiger partial charge on any atom is 0.121 e. The number of hydrogen-bond acceptors (Lipinski definition) is 3. The Morgan fingerprint density at radius 2 is 0.692 bits per heavy atom. The summed E-state index contributed by atoms with van der Waals surface area (Å²) in [6.45, 7) is 30.0. The van der Waals surface area contributed by atoms with Crippen LogP contribution in [0.3, 0.4) is 0 Å². The monoisotopic (exact) mass is 538 g/mol. The van der Waals surface area contributed by atoms with Gasteiger partial charge in [-0.05, 0) is 97.5 Å². The van der Waals surface area contributed by atoms with Crippen molar-refractivity contribution in [3.05, 3.63) is 86.5 Å². The third-order valence-corrected chi connectivity index (χ3v) is 6.74. The number of rotatable bonds is 5. The highest BCUT2D eigenvalue weighted by Crippen LogP contribution is 2.44. The van der Waals surface area contributed by atoms with Crippen LogP contribution in [0.4, 0.5) is 0 Å². The minimum Gasteiger partial charge on any atom is -0.507 e. The molecule has 0 aromatic heterocycles. The molecule has 0 unspecified atom stereocenters. The minimum atomic E-state index is -0.534. The molecule has 39 heavy (non-hydrogen) atoms. The minimum absolute atomic E-state index is 0.318. The van der Waals surface area contributed by atoms with Crippen LogP contribution in [0.25, 0.3) is 0 Å². The van der Waals surface area contributed by atoms with Gasteiger partial charge in [0.2, 0.25) is 0 Å². The summed E-state index contributed by atoms with van der Waals surface area (Å²) in [5.74, 6) is 1.02. The van der Waals surface area contributed by atoms with Gasteiger partial charge in [-0.15, -0.1) is 0 Å². The Morgan fingerprint density at radius 1 is 0.462 bits per heavy atom. The molecule has 0 aliphatic rings. The molecule has 0 amide bonds. The smallest absolute Gasteiger partial charge is 0.121 e.